The SMILES string of the molecule is COc1ccc(C(NC(=O)C2CC(C)(C)NC2=O)c2ccc(OC)c(OCCCN3CCCC3)c2)cc1. The Labute approximate surface area is 219 Å². The minimum absolute atomic E-state index is 0.243. The Morgan fingerprint density at radius 2 is 1.76 bits per heavy atom. The second-order valence-electron chi connectivity index (χ2n) is 10.5. The number of benzene rings is 2. The lowest BCUT2D eigenvalue weighted by molar-refractivity contribution is -0.133. The molecule has 2 unspecified atom stereocenters. The third kappa shape index (κ3) is 6.74. The summed E-state index contributed by atoms with van der Waals surface area (Å²) in [6.45, 7) is 7.78. The molecule has 2 aromatic carbocycles. The number of methoxy groups -OCH3 is 2. The van der Waals surface area contributed by atoms with Crippen molar-refractivity contribution in [3.63, 3.8) is 0 Å². The van der Waals surface area contributed by atoms with Gasteiger partial charge in [-0.15, -0.1) is 0 Å². The fourth-order valence-corrected chi connectivity index (χ4v) is 5.15. The molecule has 2 heterocycles. The van der Waals surface area contributed by atoms with Gasteiger partial charge < -0.3 is 29.7 Å². The van der Waals surface area contributed by atoms with Crippen molar-refractivity contribution in [2.45, 2.75) is 51.1 Å². The fourth-order valence-electron chi connectivity index (χ4n) is 5.15. The van der Waals surface area contributed by atoms with E-state index in [1.165, 1.54) is 12.8 Å². The Hall–Kier alpha value is -3.26. The highest BCUT2D eigenvalue weighted by molar-refractivity contribution is 6.02. The first-order valence-electron chi connectivity index (χ1n) is 13.1. The van der Waals surface area contributed by atoms with Gasteiger partial charge in [0.15, 0.2) is 11.5 Å². The van der Waals surface area contributed by atoms with E-state index in [0.717, 1.165) is 42.9 Å². The van der Waals surface area contributed by atoms with E-state index in [0.29, 0.717) is 24.5 Å². The molecule has 0 aromatic heterocycles. The van der Waals surface area contributed by atoms with Crippen molar-refractivity contribution in [3.05, 3.63) is 53.6 Å². The molecule has 2 atom stereocenters. The molecule has 0 spiro atoms. The number of likely N-dealkylation sites (tertiary alicyclic amines) is 1. The first kappa shape index (κ1) is 26.8. The van der Waals surface area contributed by atoms with Crippen LogP contribution in [0.15, 0.2) is 42.5 Å². The average Bonchev–Trinajstić information content (AvgIpc) is 3.51. The van der Waals surface area contributed by atoms with Gasteiger partial charge in [0.25, 0.3) is 0 Å². The molecule has 4 rings (SSSR count). The van der Waals surface area contributed by atoms with E-state index in [4.69, 9.17) is 14.2 Å². The van der Waals surface area contributed by atoms with Crippen molar-refractivity contribution in [1.82, 2.24) is 15.5 Å². The van der Waals surface area contributed by atoms with Crippen molar-refractivity contribution < 1.29 is 23.8 Å². The summed E-state index contributed by atoms with van der Waals surface area (Å²) < 4.78 is 17.0. The van der Waals surface area contributed by atoms with Crippen LogP contribution in [0.25, 0.3) is 0 Å². The first-order chi connectivity index (χ1) is 17.8. The van der Waals surface area contributed by atoms with Crippen LogP contribution in [-0.2, 0) is 9.59 Å². The molecular weight excluding hydrogens is 470 g/mol. The summed E-state index contributed by atoms with van der Waals surface area (Å²) in [6, 6.07) is 12.8. The molecule has 2 fully saturated rings. The summed E-state index contributed by atoms with van der Waals surface area (Å²) in [5.41, 5.74) is 1.30. The molecule has 0 saturated carbocycles. The van der Waals surface area contributed by atoms with Crippen LogP contribution < -0.4 is 24.8 Å². The number of hydrogen-bond acceptors (Lipinski definition) is 6. The lowest BCUT2D eigenvalue weighted by atomic mass is 9.94. The highest BCUT2D eigenvalue weighted by Gasteiger charge is 2.42. The summed E-state index contributed by atoms with van der Waals surface area (Å²) in [6.07, 6.45) is 3.92. The Morgan fingerprint density at radius 3 is 2.38 bits per heavy atom. The molecule has 8 heteroatoms. The molecule has 2 amide bonds. The third-order valence-electron chi connectivity index (χ3n) is 7.14. The monoisotopic (exact) mass is 509 g/mol. The van der Waals surface area contributed by atoms with Crippen molar-refractivity contribution in [1.29, 1.82) is 0 Å². The molecule has 8 nitrogen and oxygen atoms in total. The van der Waals surface area contributed by atoms with E-state index in [2.05, 4.69) is 15.5 Å². The van der Waals surface area contributed by atoms with Crippen LogP contribution in [0.3, 0.4) is 0 Å². The van der Waals surface area contributed by atoms with Gasteiger partial charge in [-0.25, -0.2) is 0 Å². The van der Waals surface area contributed by atoms with E-state index in [1.807, 2.05) is 56.3 Å². The largest absolute Gasteiger partial charge is 0.497 e. The van der Waals surface area contributed by atoms with E-state index in [9.17, 15) is 9.59 Å². The number of hydrogen-bond donors (Lipinski definition) is 2. The maximum absolute atomic E-state index is 13.3. The summed E-state index contributed by atoms with van der Waals surface area (Å²) >= 11 is 0. The zero-order valence-corrected chi connectivity index (χ0v) is 22.3. The number of ether oxygens (including phenoxy) is 3. The summed E-state index contributed by atoms with van der Waals surface area (Å²) in [5, 5.41) is 6.03. The number of nitrogens with one attached hydrogen (secondary N) is 2. The number of rotatable bonds is 11. The molecular formula is C29H39N3O5. The Bertz CT molecular complexity index is 1080. The number of carbonyl (C=O) groups is 2. The van der Waals surface area contributed by atoms with Crippen LogP contribution >= 0.6 is 0 Å². The lowest BCUT2D eigenvalue weighted by Crippen LogP contribution is -2.38. The van der Waals surface area contributed by atoms with E-state index in [-0.39, 0.29) is 11.8 Å². The summed E-state index contributed by atoms with van der Waals surface area (Å²) in [4.78, 5) is 28.3. The normalized spacial score (nSPS) is 19.8. The maximum Gasteiger partial charge on any atom is 0.233 e. The van der Waals surface area contributed by atoms with E-state index in [1.54, 1.807) is 14.2 Å². The second kappa shape index (κ2) is 11.9. The molecule has 0 radical (unpaired) electrons. The standard InChI is InChI=1S/C29H39N3O5/c1-29(2)19-23(28(34)31-29)27(33)30-26(20-8-11-22(35-3)12-9-20)21-10-13-24(36-4)25(18-21)37-17-7-16-32-14-5-6-15-32/h8-13,18,23,26H,5-7,14-17,19H2,1-4H3,(H,30,33)(H,31,34). The molecule has 2 aromatic rings. The predicted octanol–water partition coefficient (Wildman–Crippen LogP) is 3.69. The second-order valence-corrected chi connectivity index (χ2v) is 10.5. The van der Waals surface area contributed by atoms with Gasteiger partial charge in [0.05, 0.1) is 26.9 Å². The molecule has 37 heavy (non-hydrogen) atoms. The van der Waals surface area contributed by atoms with Crippen molar-refractivity contribution in [2.24, 2.45) is 5.92 Å². The third-order valence-corrected chi connectivity index (χ3v) is 7.14. The summed E-state index contributed by atoms with van der Waals surface area (Å²) in [7, 11) is 3.24. The van der Waals surface area contributed by atoms with Gasteiger partial charge in [0, 0.05) is 12.1 Å². The van der Waals surface area contributed by atoms with Crippen LogP contribution in [0, 0.1) is 5.92 Å². The Morgan fingerprint density at radius 1 is 1.05 bits per heavy atom. The zero-order chi connectivity index (χ0) is 26.4. The zero-order valence-electron chi connectivity index (χ0n) is 22.3. The fraction of sp³-hybridized carbons (Fsp3) is 0.517. The van der Waals surface area contributed by atoms with Crippen molar-refractivity contribution in [2.75, 3.05) is 40.5 Å². The van der Waals surface area contributed by atoms with Gasteiger partial charge >= 0.3 is 0 Å². The average molecular weight is 510 g/mol. The van der Waals surface area contributed by atoms with Crippen molar-refractivity contribution >= 4 is 11.8 Å². The first-order valence-corrected chi connectivity index (χ1v) is 13.1. The minimum Gasteiger partial charge on any atom is -0.497 e. The maximum atomic E-state index is 13.3. The number of amides is 2. The van der Waals surface area contributed by atoms with Gasteiger partial charge in [0.2, 0.25) is 11.8 Å². The van der Waals surface area contributed by atoms with Gasteiger partial charge in [-0.1, -0.05) is 18.2 Å². The Kier molecular flexibility index (Phi) is 8.59. The molecule has 2 N–H and O–H groups in total. The lowest BCUT2D eigenvalue weighted by Gasteiger charge is -2.23. The van der Waals surface area contributed by atoms with Crippen LogP contribution in [0.1, 0.15) is 56.7 Å². The van der Waals surface area contributed by atoms with E-state index < -0.39 is 17.5 Å². The highest BCUT2D eigenvalue weighted by Crippen LogP contribution is 2.34. The summed E-state index contributed by atoms with van der Waals surface area (Å²) in [5.74, 6) is 0.717. The van der Waals surface area contributed by atoms with E-state index >= 15 is 0 Å². The van der Waals surface area contributed by atoms with Gasteiger partial charge in [0.1, 0.15) is 11.7 Å². The molecule has 2 saturated heterocycles. The quantitative estimate of drug-likeness (QED) is 0.355. The topological polar surface area (TPSA) is 89.1 Å². The number of carbonyl (C=O) groups excluding carboxylic acids is 2. The van der Waals surface area contributed by atoms with Crippen LogP contribution in [0.4, 0.5) is 0 Å². The molecule has 200 valence electrons. The minimum atomic E-state index is -0.740. The van der Waals surface area contributed by atoms with Crippen molar-refractivity contribution in [3.8, 4) is 17.2 Å². The van der Waals surface area contributed by atoms with Gasteiger partial charge in [-0.3, -0.25) is 9.59 Å². The molecule has 0 aliphatic carbocycles. The Balaban J connectivity index is 1.55. The predicted molar refractivity (Wildman–Crippen MR) is 142 cm³/mol. The number of nitrogens with zero attached hydrogens (tertiary/aromatic N) is 1. The van der Waals surface area contributed by atoms with Gasteiger partial charge in [-0.05, 0) is 88.0 Å². The molecule has 2 aliphatic rings. The van der Waals surface area contributed by atoms with Crippen LogP contribution in [0.2, 0.25) is 0 Å². The van der Waals surface area contributed by atoms with Gasteiger partial charge in [-0.2, -0.15) is 0 Å². The van der Waals surface area contributed by atoms with Crippen LogP contribution in [-0.4, -0.2) is 62.7 Å². The molecule has 2 aliphatic heterocycles. The smallest absolute Gasteiger partial charge is 0.233 e. The molecule has 0 bridgehead atoms. The van der Waals surface area contributed by atoms with Crippen LogP contribution in [0.5, 0.6) is 17.2 Å². The highest BCUT2D eigenvalue weighted by atomic mass is 16.5.